The van der Waals surface area contributed by atoms with Crippen LogP contribution in [0.1, 0.15) is 55.8 Å². The number of hydrogen-bond donors (Lipinski definition) is 2. The minimum atomic E-state index is -0.174. The Bertz CT molecular complexity index is 367. The summed E-state index contributed by atoms with van der Waals surface area (Å²) in [6, 6.07) is 1.42. The third-order valence-electron chi connectivity index (χ3n) is 2.80. The van der Waals surface area contributed by atoms with E-state index < -0.39 is 0 Å². The molecule has 1 rings (SSSR count). The van der Waals surface area contributed by atoms with Crippen molar-refractivity contribution in [3.63, 3.8) is 0 Å². The zero-order valence-corrected chi connectivity index (χ0v) is 11.0. The monoisotopic (exact) mass is 250 g/mol. The van der Waals surface area contributed by atoms with Crippen LogP contribution in [0.5, 0.6) is 5.75 Å². The number of carbonyl (C=O) groups is 1. The van der Waals surface area contributed by atoms with Gasteiger partial charge in [0.25, 0.3) is 5.91 Å². The maximum atomic E-state index is 11.7. The van der Waals surface area contributed by atoms with Gasteiger partial charge in [0.1, 0.15) is 5.75 Å². The summed E-state index contributed by atoms with van der Waals surface area (Å²) in [6.45, 7) is 2.88. The molecule has 100 valence electrons. The Morgan fingerprint density at radius 2 is 1.94 bits per heavy atom. The fourth-order valence-corrected chi connectivity index (χ4v) is 1.76. The number of unbranched alkanes of at least 4 members (excludes halogenated alkanes) is 5. The van der Waals surface area contributed by atoms with Crippen LogP contribution in [0.2, 0.25) is 0 Å². The standard InChI is InChI=1S/C14H22N2O2/c1-2-3-4-5-6-7-8-16-14(18)12-9-13(17)11-15-10-12/h9-11,17H,2-8H2,1H3,(H,16,18). The zero-order valence-electron chi connectivity index (χ0n) is 11.0. The highest BCUT2D eigenvalue weighted by Gasteiger charge is 2.05. The van der Waals surface area contributed by atoms with E-state index in [1.807, 2.05) is 0 Å². The van der Waals surface area contributed by atoms with Crippen LogP contribution in [-0.4, -0.2) is 22.5 Å². The molecule has 0 radical (unpaired) electrons. The average Bonchev–Trinajstić information content (AvgIpc) is 2.37. The number of aromatic hydroxyl groups is 1. The molecule has 4 heteroatoms. The van der Waals surface area contributed by atoms with Crippen molar-refractivity contribution >= 4 is 5.91 Å². The van der Waals surface area contributed by atoms with Gasteiger partial charge in [-0.3, -0.25) is 9.78 Å². The molecule has 0 aliphatic heterocycles. The van der Waals surface area contributed by atoms with E-state index >= 15 is 0 Å². The number of rotatable bonds is 8. The van der Waals surface area contributed by atoms with Crippen LogP contribution in [0.25, 0.3) is 0 Å². The van der Waals surface area contributed by atoms with Crippen LogP contribution >= 0.6 is 0 Å². The Labute approximate surface area is 108 Å². The van der Waals surface area contributed by atoms with Crippen molar-refractivity contribution in [3.05, 3.63) is 24.0 Å². The molecule has 0 bridgehead atoms. The number of aromatic nitrogens is 1. The molecule has 0 aliphatic rings. The molecule has 0 unspecified atom stereocenters. The molecule has 0 saturated heterocycles. The van der Waals surface area contributed by atoms with Gasteiger partial charge in [-0.15, -0.1) is 0 Å². The minimum absolute atomic E-state index is 0.0159. The summed E-state index contributed by atoms with van der Waals surface area (Å²) >= 11 is 0. The molecule has 0 aliphatic carbocycles. The molecule has 1 aromatic rings. The maximum absolute atomic E-state index is 11.7. The van der Waals surface area contributed by atoms with Gasteiger partial charge in [-0.05, 0) is 12.5 Å². The molecule has 1 heterocycles. The molecular formula is C14H22N2O2. The second-order valence-electron chi connectivity index (χ2n) is 4.46. The smallest absolute Gasteiger partial charge is 0.252 e. The van der Waals surface area contributed by atoms with Gasteiger partial charge < -0.3 is 10.4 Å². The van der Waals surface area contributed by atoms with Gasteiger partial charge in [0, 0.05) is 12.7 Å². The van der Waals surface area contributed by atoms with E-state index in [1.54, 1.807) is 0 Å². The SMILES string of the molecule is CCCCCCCCNC(=O)c1cncc(O)c1. The molecule has 4 nitrogen and oxygen atoms in total. The van der Waals surface area contributed by atoms with Gasteiger partial charge in [0.15, 0.2) is 0 Å². The zero-order chi connectivity index (χ0) is 13.2. The third kappa shape index (κ3) is 5.66. The quantitative estimate of drug-likeness (QED) is 0.697. The highest BCUT2D eigenvalue weighted by molar-refractivity contribution is 5.94. The van der Waals surface area contributed by atoms with Crippen LogP contribution < -0.4 is 5.32 Å². The van der Waals surface area contributed by atoms with Crippen molar-refractivity contribution in [2.45, 2.75) is 45.4 Å². The summed E-state index contributed by atoms with van der Waals surface area (Å²) in [5.41, 5.74) is 0.404. The Hall–Kier alpha value is -1.58. The summed E-state index contributed by atoms with van der Waals surface area (Å²) in [6.07, 6.45) is 9.97. The first kappa shape index (κ1) is 14.5. The first-order valence-corrected chi connectivity index (χ1v) is 6.66. The highest BCUT2D eigenvalue weighted by Crippen LogP contribution is 2.08. The summed E-state index contributed by atoms with van der Waals surface area (Å²) < 4.78 is 0. The van der Waals surface area contributed by atoms with E-state index in [4.69, 9.17) is 0 Å². The topological polar surface area (TPSA) is 62.2 Å². The van der Waals surface area contributed by atoms with Crippen LogP contribution in [0.3, 0.4) is 0 Å². The lowest BCUT2D eigenvalue weighted by molar-refractivity contribution is 0.0952. The molecule has 0 spiro atoms. The van der Waals surface area contributed by atoms with Gasteiger partial charge in [-0.2, -0.15) is 0 Å². The van der Waals surface area contributed by atoms with Crippen molar-refractivity contribution in [2.24, 2.45) is 0 Å². The number of nitrogens with one attached hydrogen (secondary N) is 1. The first-order valence-electron chi connectivity index (χ1n) is 6.66. The summed E-state index contributed by atoms with van der Waals surface area (Å²) in [7, 11) is 0. The Balaban J connectivity index is 2.14. The lowest BCUT2D eigenvalue weighted by Gasteiger charge is -2.05. The van der Waals surface area contributed by atoms with Crippen LogP contribution in [0.15, 0.2) is 18.5 Å². The number of nitrogens with zero attached hydrogens (tertiary/aromatic N) is 1. The summed E-state index contributed by atoms with van der Waals surface area (Å²) in [5, 5.41) is 12.0. The van der Waals surface area contributed by atoms with Crippen molar-refractivity contribution in [1.29, 1.82) is 0 Å². The van der Waals surface area contributed by atoms with E-state index in [1.165, 1.54) is 44.1 Å². The minimum Gasteiger partial charge on any atom is -0.506 e. The Morgan fingerprint density at radius 1 is 1.22 bits per heavy atom. The fraction of sp³-hybridized carbons (Fsp3) is 0.571. The summed E-state index contributed by atoms with van der Waals surface area (Å²) in [4.78, 5) is 15.4. The predicted octanol–water partition coefficient (Wildman–Crippen LogP) is 2.88. The number of amides is 1. The largest absolute Gasteiger partial charge is 0.506 e. The summed E-state index contributed by atoms with van der Waals surface area (Å²) in [5.74, 6) is -0.158. The number of pyridine rings is 1. The first-order chi connectivity index (χ1) is 8.74. The van der Waals surface area contributed by atoms with E-state index in [9.17, 15) is 9.90 Å². The molecule has 0 aromatic carbocycles. The number of carbonyl (C=O) groups excluding carboxylic acids is 1. The van der Waals surface area contributed by atoms with E-state index in [0.717, 1.165) is 12.8 Å². The molecular weight excluding hydrogens is 228 g/mol. The molecule has 1 amide bonds. The van der Waals surface area contributed by atoms with Gasteiger partial charge in [-0.25, -0.2) is 0 Å². The van der Waals surface area contributed by atoms with E-state index in [2.05, 4.69) is 17.2 Å². The Morgan fingerprint density at radius 3 is 2.67 bits per heavy atom. The van der Waals surface area contributed by atoms with Gasteiger partial charge in [-0.1, -0.05) is 39.0 Å². The normalized spacial score (nSPS) is 10.3. The van der Waals surface area contributed by atoms with Crippen molar-refractivity contribution < 1.29 is 9.90 Å². The second-order valence-corrected chi connectivity index (χ2v) is 4.46. The highest BCUT2D eigenvalue weighted by atomic mass is 16.3. The molecule has 18 heavy (non-hydrogen) atoms. The van der Waals surface area contributed by atoms with Crippen molar-refractivity contribution in [1.82, 2.24) is 10.3 Å². The van der Waals surface area contributed by atoms with Gasteiger partial charge in [0.2, 0.25) is 0 Å². The lowest BCUT2D eigenvalue weighted by Crippen LogP contribution is -2.24. The average molecular weight is 250 g/mol. The van der Waals surface area contributed by atoms with Crippen molar-refractivity contribution in [3.8, 4) is 5.75 Å². The fourth-order valence-electron chi connectivity index (χ4n) is 1.76. The molecule has 1 aromatic heterocycles. The van der Waals surface area contributed by atoms with E-state index in [0.29, 0.717) is 12.1 Å². The van der Waals surface area contributed by atoms with Crippen molar-refractivity contribution in [2.75, 3.05) is 6.54 Å². The molecule has 2 N–H and O–H groups in total. The maximum Gasteiger partial charge on any atom is 0.252 e. The Kier molecular flexibility index (Phi) is 6.84. The van der Waals surface area contributed by atoms with E-state index in [-0.39, 0.29) is 11.7 Å². The molecule has 0 fully saturated rings. The molecule has 0 saturated carbocycles. The van der Waals surface area contributed by atoms with Crippen LogP contribution in [0, 0.1) is 0 Å². The van der Waals surface area contributed by atoms with Crippen LogP contribution in [-0.2, 0) is 0 Å². The van der Waals surface area contributed by atoms with Gasteiger partial charge >= 0.3 is 0 Å². The molecule has 0 atom stereocenters. The van der Waals surface area contributed by atoms with Gasteiger partial charge in [0.05, 0.1) is 11.8 Å². The second kappa shape index (κ2) is 8.50. The van der Waals surface area contributed by atoms with Crippen LogP contribution in [0.4, 0.5) is 0 Å². The third-order valence-corrected chi connectivity index (χ3v) is 2.80. The number of hydrogen-bond acceptors (Lipinski definition) is 3. The predicted molar refractivity (Wildman–Crippen MR) is 71.6 cm³/mol. The lowest BCUT2D eigenvalue weighted by atomic mass is 10.1.